The van der Waals surface area contributed by atoms with Crippen LogP contribution in [0.4, 0.5) is 4.39 Å². The van der Waals surface area contributed by atoms with E-state index in [2.05, 4.69) is 10.3 Å². The molecule has 1 atom stereocenters. The number of likely N-dealkylation sites (tertiary alicyclic amines) is 1. The Hall–Kier alpha value is -2.74. The van der Waals surface area contributed by atoms with Crippen molar-refractivity contribution in [2.45, 2.75) is 44.9 Å². The van der Waals surface area contributed by atoms with E-state index in [4.69, 9.17) is 4.74 Å². The molecule has 2 aromatic rings. The quantitative estimate of drug-likeness (QED) is 0.798. The van der Waals surface area contributed by atoms with Crippen LogP contribution in [0.2, 0.25) is 0 Å². The molecule has 31 heavy (non-hydrogen) atoms. The minimum absolute atomic E-state index is 0.0153. The second-order valence-electron chi connectivity index (χ2n) is 8.80. The fraction of sp³-hybridized carbons (Fsp3) is 0.522. The summed E-state index contributed by atoms with van der Waals surface area (Å²) in [7, 11) is 0. The lowest BCUT2D eigenvalue weighted by Crippen LogP contribution is -2.43. The molecule has 8 heteroatoms. The number of amides is 2. The number of imidazole rings is 1. The molecule has 0 bridgehead atoms. The summed E-state index contributed by atoms with van der Waals surface area (Å²) < 4.78 is 21.1. The van der Waals surface area contributed by atoms with Crippen LogP contribution in [-0.2, 0) is 22.7 Å². The van der Waals surface area contributed by atoms with E-state index >= 15 is 0 Å². The zero-order chi connectivity index (χ0) is 21.4. The lowest BCUT2D eigenvalue weighted by Gasteiger charge is -2.31. The SMILES string of the molecule is O=C(NCC1CC1)C1CCN(C(=O)c2ncn3c2COC(c2ccc(F)cc2)C3)CC1. The van der Waals surface area contributed by atoms with Crippen LogP contribution in [0.5, 0.6) is 0 Å². The van der Waals surface area contributed by atoms with Crippen LogP contribution in [0, 0.1) is 17.7 Å². The number of ether oxygens (including phenoxy) is 1. The maximum atomic E-state index is 13.2. The fourth-order valence-electron chi connectivity index (χ4n) is 4.39. The van der Waals surface area contributed by atoms with Gasteiger partial charge in [0.25, 0.3) is 5.91 Å². The molecule has 3 aliphatic rings. The first-order chi connectivity index (χ1) is 15.1. The van der Waals surface area contributed by atoms with Gasteiger partial charge in [-0.2, -0.15) is 0 Å². The number of benzene rings is 1. The Bertz CT molecular complexity index is 962. The van der Waals surface area contributed by atoms with Gasteiger partial charge in [0.1, 0.15) is 11.9 Å². The zero-order valence-corrected chi connectivity index (χ0v) is 17.4. The number of rotatable bonds is 5. The molecule has 3 heterocycles. The number of halogens is 1. The third-order valence-corrected chi connectivity index (χ3v) is 6.59. The first-order valence-corrected chi connectivity index (χ1v) is 11.1. The Morgan fingerprint density at radius 2 is 1.87 bits per heavy atom. The van der Waals surface area contributed by atoms with E-state index in [9.17, 15) is 14.0 Å². The van der Waals surface area contributed by atoms with E-state index < -0.39 is 0 Å². The topological polar surface area (TPSA) is 76.5 Å². The van der Waals surface area contributed by atoms with Gasteiger partial charge in [0.2, 0.25) is 5.91 Å². The molecule has 1 aliphatic carbocycles. The summed E-state index contributed by atoms with van der Waals surface area (Å²) in [6.07, 6.45) is 5.28. The van der Waals surface area contributed by atoms with Crippen molar-refractivity contribution in [2.75, 3.05) is 19.6 Å². The van der Waals surface area contributed by atoms with Gasteiger partial charge in [-0.25, -0.2) is 9.37 Å². The van der Waals surface area contributed by atoms with Crippen LogP contribution in [0.25, 0.3) is 0 Å². The largest absolute Gasteiger partial charge is 0.365 e. The number of nitrogens with zero attached hydrogens (tertiary/aromatic N) is 3. The van der Waals surface area contributed by atoms with Crippen molar-refractivity contribution in [3.63, 3.8) is 0 Å². The van der Waals surface area contributed by atoms with Crippen LogP contribution >= 0.6 is 0 Å². The molecule has 164 valence electrons. The van der Waals surface area contributed by atoms with Gasteiger partial charge in [0, 0.05) is 25.6 Å². The minimum Gasteiger partial charge on any atom is -0.365 e. The normalized spacial score (nSPS) is 21.6. The number of aromatic nitrogens is 2. The molecular formula is C23H27FN4O3. The highest BCUT2D eigenvalue weighted by Gasteiger charge is 2.32. The van der Waals surface area contributed by atoms with Gasteiger partial charge in [-0.3, -0.25) is 9.59 Å². The molecule has 1 aromatic carbocycles. The van der Waals surface area contributed by atoms with E-state index in [0.717, 1.165) is 17.8 Å². The van der Waals surface area contributed by atoms with Crippen molar-refractivity contribution < 1.29 is 18.7 Å². The number of piperidine rings is 1. The van der Waals surface area contributed by atoms with E-state index in [1.54, 1.807) is 23.4 Å². The molecule has 2 fully saturated rings. The number of hydrogen-bond donors (Lipinski definition) is 1. The van der Waals surface area contributed by atoms with Crippen molar-refractivity contribution in [1.29, 1.82) is 0 Å². The first-order valence-electron chi connectivity index (χ1n) is 11.1. The molecule has 2 aliphatic heterocycles. The third-order valence-electron chi connectivity index (χ3n) is 6.59. The fourth-order valence-corrected chi connectivity index (χ4v) is 4.39. The number of carbonyl (C=O) groups excluding carboxylic acids is 2. The molecule has 5 rings (SSSR count). The van der Waals surface area contributed by atoms with Gasteiger partial charge in [0.15, 0.2) is 5.69 Å². The van der Waals surface area contributed by atoms with Crippen molar-refractivity contribution in [2.24, 2.45) is 11.8 Å². The average Bonchev–Trinajstić information content (AvgIpc) is 3.54. The monoisotopic (exact) mass is 426 g/mol. The highest BCUT2D eigenvalue weighted by molar-refractivity contribution is 5.93. The van der Waals surface area contributed by atoms with Crippen LogP contribution in [0.3, 0.4) is 0 Å². The van der Waals surface area contributed by atoms with Gasteiger partial charge in [-0.05, 0) is 49.3 Å². The predicted molar refractivity (Wildman–Crippen MR) is 111 cm³/mol. The zero-order valence-electron chi connectivity index (χ0n) is 17.4. The summed E-state index contributed by atoms with van der Waals surface area (Å²) >= 11 is 0. The molecule has 1 aromatic heterocycles. The molecule has 1 unspecified atom stereocenters. The predicted octanol–water partition coefficient (Wildman–Crippen LogP) is 2.67. The number of nitrogens with one attached hydrogen (secondary N) is 1. The molecule has 7 nitrogen and oxygen atoms in total. The maximum absolute atomic E-state index is 13.2. The molecule has 2 amide bonds. The minimum atomic E-state index is -0.278. The van der Waals surface area contributed by atoms with Gasteiger partial charge in [-0.1, -0.05) is 12.1 Å². The summed E-state index contributed by atoms with van der Waals surface area (Å²) in [6, 6.07) is 6.29. The molecule has 0 spiro atoms. The number of fused-ring (bicyclic) bond motifs is 1. The molecular weight excluding hydrogens is 399 g/mol. The highest BCUT2D eigenvalue weighted by atomic mass is 19.1. The van der Waals surface area contributed by atoms with Gasteiger partial charge in [-0.15, -0.1) is 0 Å². The van der Waals surface area contributed by atoms with Crippen LogP contribution in [-0.4, -0.2) is 45.9 Å². The average molecular weight is 426 g/mol. The van der Waals surface area contributed by atoms with Crippen molar-refractivity contribution in [3.8, 4) is 0 Å². The Kier molecular flexibility index (Phi) is 5.48. The summed E-state index contributed by atoms with van der Waals surface area (Å²) in [5, 5.41) is 3.05. The molecule has 1 N–H and O–H groups in total. The van der Waals surface area contributed by atoms with Crippen molar-refractivity contribution >= 4 is 11.8 Å². The van der Waals surface area contributed by atoms with E-state index in [-0.39, 0.29) is 36.3 Å². The van der Waals surface area contributed by atoms with Crippen molar-refractivity contribution in [1.82, 2.24) is 19.8 Å². The second-order valence-corrected chi connectivity index (χ2v) is 8.80. The maximum Gasteiger partial charge on any atom is 0.274 e. The van der Waals surface area contributed by atoms with E-state index in [1.165, 1.54) is 25.0 Å². The lowest BCUT2D eigenvalue weighted by atomic mass is 9.95. The van der Waals surface area contributed by atoms with E-state index in [1.807, 2.05) is 4.57 Å². The molecule has 1 saturated carbocycles. The summed E-state index contributed by atoms with van der Waals surface area (Å²) in [5.41, 5.74) is 2.09. The second kappa shape index (κ2) is 8.42. The standard InChI is InChI=1S/C23H27FN4O3/c24-18-5-3-16(4-6-18)20-12-28-14-26-21(19(28)13-31-20)23(30)27-9-7-17(8-10-27)22(29)25-11-15-1-2-15/h3-6,14-15,17,20H,1-2,7-13H2,(H,25,29). The Morgan fingerprint density at radius 3 is 2.58 bits per heavy atom. The summed E-state index contributed by atoms with van der Waals surface area (Å²) in [4.78, 5) is 31.6. The van der Waals surface area contributed by atoms with E-state index in [0.29, 0.717) is 44.1 Å². The van der Waals surface area contributed by atoms with Crippen LogP contribution in [0.15, 0.2) is 30.6 Å². The van der Waals surface area contributed by atoms with Crippen LogP contribution in [0.1, 0.15) is 53.5 Å². The smallest absolute Gasteiger partial charge is 0.274 e. The number of carbonyl (C=O) groups is 2. The summed E-state index contributed by atoms with van der Waals surface area (Å²) in [5.74, 6) is 0.397. The van der Waals surface area contributed by atoms with Gasteiger partial charge >= 0.3 is 0 Å². The molecule has 0 radical (unpaired) electrons. The van der Waals surface area contributed by atoms with Crippen LogP contribution < -0.4 is 5.32 Å². The number of hydrogen-bond acceptors (Lipinski definition) is 4. The third kappa shape index (κ3) is 4.35. The summed E-state index contributed by atoms with van der Waals surface area (Å²) in [6.45, 7) is 2.72. The first kappa shape index (κ1) is 20.2. The van der Waals surface area contributed by atoms with Gasteiger partial charge < -0.3 is 19.5 Å². The lowest BCUT2D eigenvalue weighted by molar-refractivity contribution is -0.126. The Morgan fingerprint density at radius 1 is 1.13 bits per heavy atom. The highest BCUT2D eigenvalue weighted by Crippen LogP contribution is 2.30. The Balaban J connectivity index is 1.19. The van der Waals surface area contributed by atoms with Gasteiger partial charge in [0.05, 0.1) is 25.2 Å². The Labute approximate surface area is 180 Å². The molecule has 1 saturated heterocycles. The van der Waals surface area contributed by atoms with Crippen molar-refractivity contribution in [3.05, 3.63) is 53.4 Å².